The van der Waals surface area contributed by atoms with Gasteiger partial charge in [0.2, 0.25) is 5.95 Å². The van der Waals surface area contributed by atoms with E-state index in [4.69, 9.17) is 4.98 Å². The number of likely N-dealkylation sites (N-methyl/N-ethyl adjacent to an activating group) is 1. The van der Waals surface area contributed by atoms with Crippen LogP contribution in [0.1, 0.15) is 31.0 Å². The summed E-state index contributed by atoms with van der Waals surface area (Å²) in [5, 5.41) is 0. The highest BCUT2D eigenvalue weighted by atomic mass is 15.3. The number of hydrogen-bond acceptors (Lipinski definition) is 5. The van der Waals surface area contributed by atoms with Crippen LogP contribution in [-0.4, -0.2) is 41.6 Å². The number of nitrogens with zero attached hydrogens (tertiary/aromatic N) is 5. The van der Waals surface area contributed by atoms with Gasteiger partial charge in [-0.25, -0.2) is 4.98 Å². The Bertz CT molecular complexity index is 650. The Kier molecular flexibility index (Phi) is 5.28. The molecule has 1 fully saturated rings. The lowest BCUT2D eigenvalue weighted by Crippen LogP contribution is -2.34. The fraction of sp³-hybridized carbons (Fsp3) is 0.526. The van der Waals surface area contributed by atoms with Crippen LogP contribution in [-0.2, 0) is 6.42 Å². The van der Waals surface area contributed by atoms with E-state index in [0.29, 0.717) is 0 Å². The second-order valence-corrected chi connectivity index (χ2v) is 6.86. The predicted molar refractivity (Wildman–Crippen MR) is 98.6 cm³/mol. The van der Waals surface area contributed by atoms with Crippen molar-refractivity contribution in [1.29, 1.82) is 0 Å². The SMILES string of the molecule is Cc1cc(N(C)CCc2ccncc2)nc(N2CCC(C)CC2)n1. The Morgan fingerprint density at radius 2 is 1.88 bits per heavy atom. The third kappa shape index (κ3) is 4.22. The molecule has 2 aromatic rings. The topological polar surface area (TPSA) is 45.2 Å². The fourth-order valence-corrected chi connectivity index (χ4v) is 3.04. The molecular weight excluding hydrogens is 298 g/mol. The minimum absolute atomic E-state index is 0.813. The van der Waals surface area contributed by atoms with Crippen LogP contribution in [0.2, 0.25) is 0 Å². The van der Waals surface area contributed by atoms with E-state index in [2.05, 4.69) is 58.9 Å². The Morgan fingerprint density at radius 3 is 2.58 bits per heavy atom. The van der Waals surface area contributed by atoms with E-state index < -0.39 is 0 Å². The summed E-state index contributed by atoms with van der Waals surface area (Å²) in [6.07, 6.45) is 7.13. The van der Waals surface area contributed by atoms with Gasteiger partial charge in [0.1, 0.15) is 5.82 Å². The van der Waals surface area contributed by atoms with Crippen molar-refractivity contribution >= 4 is 11.8 Å². The summed E-state index contributed by atoms with van der Waals surface area (Å²) < 4.78 is 0. The number of pyridine rings is 1. The van der Waals surface area contributed by atoms with Crippen LogP contribution in [0.4, 0.5) is 11.8 Å². The van der Waals surface area contributed by atoms with Crippen LogP contribution in [0.3, 0.4) is 0 Å². The molecule has 3 rings (SSSR count). The Hall–Kier alpha value is -2.17. The molecule has 1 saturated heterocycles. The minimum Gasteiger partial charge on any atom is -0.359 e. The molecule has 0 unspecified atom stereocenters. The molecule has 0 saturated carbocycles. The summed E-state index contributed by atoms with van der Waals surface area (Å²) in [4.78, 5) is 18.1. The van der Waals surface area contributed by atoms with Crippen LogP contribution in [0.25, 0.3) is 0 Å². The monoisotopic (exact) mass is 325 g/mol. The van der Waals surface area contributed by atoms with Crippen LogP contribution >= 0.6 is 0 Å². The molecule has 0 radical (unpaired) electrons. The second-order valence-electron chi connectivity index (χ2n) is 6.86. The first-order valence-electron chi connectivity index (χ1n) is 8.82. The molecule has 2 aromatic heterocycles. The molecule has 24 heavy (non-hydrogen) atoms. The van der Waals surface area contributed by atoms with Gasteiger partial charge in [0.05, 0.1) is 0 Å². The molecule has 128 valence electrons. The number of piperidine rings is 1. The van der Waals surface area contributed by atoms with Gasteiger partial charge >= 0.3 is 0 Å². The van der Waals surface area contributed by atoms with Gasteiger partial charge in [-0.1, -0.05) is 6.92 Å². The molecule has 0 spiro atoms. The van der Waals surface area contributed by atoms with E-state index in [9.17, 15) is 0 Å². The molecule has 1 aliphatic rings. The molecule has 1 aliphatic heterocycles. The Labute approximate surface area is 144 Å². The maximum absolute atomic E-state index is 4.82. The van der Waals surface area contributed by atoms with E-state index >= 15 is 0 Å². The largest absolute Gasteiger partial charge is 0.359 e. The lowest BCUT2D eigenvalue weighted by atomic mass is 10.00. The fourth-order valence-electron chi connectivity index (χ4n) is 3.04. The first kappa shape index (κ1) is 16.7. The van der Waals surface area contributed by atoms with Crippen LogP contribution in [0.15, 0.2) is 30.6 Å². The first-order chi connectivity index (χ1) is 11.6. The number of aryl methyl sites for hydroxylation is 1. The van der Waals surface area contributed by atoms with E-state index in [0.717, 1.165) is 49.4 Å². The highest BCUT2D eigenvalue weighted by Gasteiger charge is 2.19. The highest BCUT2D eigenvalue weighted by Crippen LogP contribution is 2.22. The third-order valence-corrected chi connectivity index (χ3v) is 4.77. The molecule has 3 heterocycles. The number of rotatable bonds is 5. The van der Waals surface area contributed by atoms with E-state index in [-0.39, 0.29) is 0 Å². The van der Waals surface area contributed by atoms with Crippen molar-refractivity contribution in [2.75, 3.05) is 36.5 Å². The summed E-state index contributed by atoms with van der Waals surface area (Å²) in [6.45, 7) is 7.43. The third-order valence-electron chi connectivity index (χ3n) is 4.77. The average Bonchev–Trinajstić information content (AvgIpc) is 2.60. The van der Waals surface area contributed by atoms with Gasteiger partial charge in [-0.15, -0.1) is 0 Å². The zero-order valence-corrected chi connectivity index (χ0v) is 14.9. The number of hydrogen-bond donors (Lipinski definition) is 0. The summed E-state index contributed by atoms with van der Waals surface area (Å²) >= 11 is 0. The Morgan fingerprint density at radius 1 is 1.17 bits per heavy atom. The van der Waals surface area contributed by atoms with E-state index in [1.807, 2.05) is 12.4 Å². The van der Waals surface area contributed by atoms with Gasteiger partial charge in [-0.05, 0) is 49.8 Å². The minimum atomic E-state index is 0.813. The second kappa shape index (κ2) is 7.60. The molecule has 0 aromatic carbocycles. The van der Waals surface area contributed by atoms with E-state index in [1.54, 1.807) is 0 Å². The molecule has 0 aliphatic carbocycles. The zero-order valence-electron chi connectivity index (χ0n) is 14.9. The highest BCUT2D eigenvalue weighted by molar-refractivity contribution is 5.45. The van der Waals surface area contributed by atoms with Gasteiger partial charge in [0.25, 0.3) is 0 Å². The molecule has 5 nitrogen and oxygen atoms in total. The summed E-state index contributed by atoms with van der Waals surface area (Å²) in [6, 6.07) is 6.21. The molecule has 0 bridgehead atoms. The summed E-state index contributed by atoms with van der Waals surface area (Å²) in [7, 11) is 2.10. The van der Waals surface area contributed by atoms with Crippen LogP contribution in [0, 0.1) is 12.8 Å². The van der Waals surface area contributed by atoms with Gasteiger partial charge in [-0.3, -0.25) is 4.98 Å². The summed E-state index contributed by atoms with van der Waals surface area (Å²) in [5.41, 5.74) is 2.33. The first-order valence-corrected chi connectivity index (χ1v) is 8.82. The molecule has 5 heteroatoms. The molecule has 0 N–H and O–H groups in total. The quantitative estimate of drug-likeness (QED) is 0.845. The van der Waals surface area contributed by atoms with Crippen LogP contribution < -0.4 is 9.80 Å². The van der Waals surface area contributed by atoms with Gasteiger partial charge in [0.15, 0.2) is 0 Å². The van der Waals surface area contributed by atoms with Crippen molar-refractivity contribution < 1.29 is 0 Å². The predicted octanol–water partition coefficient (Wildman–Crippen LogP) is 3.10. The van der Waals surface area contributed by atoms with Crippen molar-refractivity contribution in [2.45, 2.75) is 33.1 Å². The van der Waals surface area contributed by atoms with Crippen LogP contribution in [0.5, 0.6) is 0 Å². The molecular formula is C19H27N5. The number of anilines is 2. The zero-order chi connectivity index (χ0) is 16.9. The molecule has 0 atom stereocenters. The lowest BCUT2D eigenvalue weighted by Gasteiger charge is -2.31. The van der Waals surface area contributed by atoms with Gasteiger partial charge in [-0.2, -0.15) is 4.98 Å². The van der Waals surface area contributed by atoms with Crippen molar-refractivity contribution in [1.82, 2.24) is 15.0 Å². The average molecular weight is 325 g/mol. The standard InChI is InChI=1S/C19H27N5/c1-15-6-12-24(13-7-15)19-21-16(2)14-18(22-19)23(3)11-8-17-4-9-20-10-5-17/h4-5,9-10,14-15H,6-8,11-13H2,1-3H3. The van der Waals surface area contributed by atoms with Crippen molar-refractivity contribution in [3.8, 4) is 0 Å². The Balaban J connectivity index is 1.68. The smallest absolute Gasteiger partial charge is 0.227 e. The van der Waals surface area contributed by atoms with Crippen molar-refractivity contribution in [3.05, 3.63) is 41.9 Å². The number of aromatic nitrogens is 3. The molecule has 0 amide bonds. The maximum Gasteiger partial charge on any atom is 0.227 e. The normalized spacial score (nSPS) is 15.5. The summed E-state index contributed by atoms with van der Waals surface area (Å²) in [5.74, 6) is 2.70. The lowest BCUT2D eigenvalue weighted by molar-refractivity contribution is 0.434. The van der Waals surface area contributed by atoms with E-state index in [1.165, 1.54) is 18.4 Å². The maximum atomic E-state index is 4.82. The van der Waals surface area contributed by atoms with Gasteiger partial charge in [0, 0.05) is 50.8 Å². The van der Waals surface area contributed by atoms with Crippen molar-refractivity contribution in [3.63, 3.8) is 0 Å². The van der Waals surface area contributed by atoms with Crippen molar-refractivity contribution in [2.24, 2.45) is 5.92 Å². The van der Waals surface area contributed by atoms with Gasteiger partial charge < -0.3 is 9.80 Å².